The summed E-state index contributed by atoms with van der Waals surface area (Å²) in [6.07, 6.45) is 1.71. The van der Waals surface area contributed by atoms with Crippen molar-refractivity contribution in [1.29, 1.82) is 0 Å². The van der Waals surface area contributed by atoms with Gasteiger partial charge in [-0.05, 0) is 24.3 Å². The maximum absolute atomic E-state index is 11.3. The Kier molecular flexibility index (Phi) is 3.89. The molecule has 0 heterocycles. The van der Waals surface area contributed by atoms with Gasteiger partial charge in [-0.2, -0.15) is 0 Å². The molecule has 3 heteroatoms. The van der Waals surface area contributed by atoms with Crippen molar-refractivity contribution in [2.45, 2.75) is 6.92 Å². The van der Waals surface area contributed by atoms with Crippen molar-refractivity contribution in [1.82, 2.24) is 0 Å². The summed E-state index contributed by atoms with van der Waals surface area (Å²) < 4.78 is 1.00. The van der Waals surface area contributed by atoms with E-state index in [2.05, 4.69) is 22.5 Å². The van der Waals surface area contributed by atoms with Crippen molar-refractivity contribution in [3.05, 3.63) is 41.4 Å². The molecule has 1 aromatic rings. The number of carbonyl (C=O) groups is 1. The van der Waals surface area contributed by atoms with Crippen LogP contribution in [0.15, 0.2) is 41.4 Å². The van der Waals surface area contributed by atoms with Crippen molar-refractivity contribution >= 4 is 27.5 Å². The lowest BCUT2D eigenvalue weighted by Crippen LogP contribution is -2.28. The fraction of sp³-hybridized carbons (Fsp3) is 0.182. The summed E-state index contributed by atoms with van der Waals surface area (Å²) in [5.41, 5.74) is 0.889. The number of benzene rings is 1. The monoisotopic (exact) mass is 253 g/mol. The molecular formula is C11H12BrNO. The lowest BCUT2D eigenvalue weighted by atomic mass is 10.3. The van der Waals surface area contributed by atoms with E-state index in [4.69, 9.17) is 0 Å². The molecule has 0 atom stereocenters. The minimum absolute atomic E-state index is 0.0206. The van der Waals surface area contributed by atoms with Gasteiger partial charge in [-0.25, -0.2) is 0 Å². The smallest absolute Gasteiger partial charge is 0.224 e. The average molecular weight is 254 g/mol. The Labute approximate surface area is 92.4 Å². The van der Waals surface area contributed by atoms with Crippen molar-refractivity contribution in [2.24, 2.45) is 0 Å². The van der Waals surface area contributed by atoms with Gasteiger partial charge in [0.1, 0.15) is 0 Å². The third kappa shape index (κ3) is 2.70. The summed E-state index contributed by atoms with van der Waals surface area (Å²) >= 11 is 3.35. The zero-order chi connectivity index (χ0) is 10.6. The van der Waals surface area contributed by atoms with Gasteiger partial charge in [-0.3, -0.25) is 4.79 Å². The van der Waals surface area contributed by atoms with Crippen LogP contribution in [0.4, 0.5) is 5.69 Å². The van der Waals surface area contributed by atoms with Crippen LogP contribution in [0.5, 0.6) is 0 Å². The summed E-state index contributed by atoms with van der Waals surface area (Å²) in [6.45, 7) is 5.71. The van der Waals surface area contributed by atoms with E-state index < -0.39 is 0 Å². The van der Waals surface area contributed by atoms with Crippen LogP contribution in [0.1, 0.15) is 6.92 Å². The molecule has 1 amide bonds. The van der Waals surface area contributed by atoms with Gasteiger partial charge < -0.3 is 4.90 Å². The van der Waals surface area contributed by atoms with Crippen molar-refractivity contribution < 1.29 is 4.79 Å². The van der Waals surface area contributed by atoms with E-state index in [0.717, 1.165) is 10.2 Å². The van der Waals surface area contributed by atoms with E-state index in [0.29, 0.717) is 6.54 Å². The Hall–Kier alpha value is -1.09. The second-order valence-corrected chi connectivity index (χ2v) is 3.81. The van der Waals surface area contributed by atoms with E-state index >= 15 is 0 Å². The van der Waals surface area contributed by atoms with Crippen LogP contribution < -0.4 is 4.90 Å². The number of nitrogens with zero attached hydrogens (tertiary/aromatic N) is 1. The van der Waals surface area contributed by atoms with E-state index in [1.54, 1.807) is 17.9 Å². The molecule has 0 aliphatic rings. The minimum Gasteiger partial charge on any atom is -0.309 e. The van der Waals surface area contributed by atoms with Gasteiger partial charge in [0.05, 0.1) is 0 Å². The molecule has 1 rings (SSSR count). The molecule has 0 unspecified atom stereocenters. The largest absolute Gasteiger partial charge is 0.309 e. The molecule has 74 valence electrons. The highest BCUT2D eigenvalue weighted by Crippen LogP contribution is 2.18. The summed E-state index contributed by atoms with van der Waals surface area (Å²) in [5, 5.41) is 0. The summed E-state index contributed by atoms with van der Waals surface area (Å²) in [6, 6.07) is 7.62. The van der Waals surface area contributed by atoms with Gasteiger partial charge in [-0.15, -0.1) is 6.58 Å². The first kappa shape index (κ1) is 11.0. The lowest BCUT2D eigenvalue weighted by Gasteiger charge is -2.19. The second-order valence-electron chi connectivity index (χ2n) is 2.89. The van der Waals surface area contributed by atoms with Crippen LogP contribution in [0.25, 0.3) is 0 Å². The third-order valence-corrected chi connectivity index (χ3v) is 2.36. The van der Waals surface area contributed by atoms with E-state index in [1.165, 1.54) is 0 Å². The molecule has 0 aliphatic carbocycles. The Bertz CT molecular complexity index is 332. The van der Waals surface area contributed by atoms with Gasteiger partial charge in [0.2, 0.25) is 5.91 Å². The molecule has 1 aromatic carbocycles. The predicted octanol–water partition coefficient (Wildman–Crippen LogP) is 2.99. The quantitative estimate of drug-likeness (QED) is 0.759. The van der Waals surface area contributed by atoms with Gasteiger partial charge in [0.15, 0.2) is 0 Å². The van der Waals surface area contributed by atoms with Crippen LogP contribution in [-0.2, 0) is 4.79 Å². The molecule has 0 fully saturated rings. The van der Waals surface area contributed by atoms with E-state index in [9.17, 15) is 4.79 Å². The maximum atomic E-state index is 11.3. The molecule has 14 heavy (non-hydrogen) atoms. The van der Waals surface area contributed by atoms with Gasteiger partial charge >= 0.3 is 0 Å². The van der Waals surface area contributed by atoms with Crippen LogP contribution in [0.3, 0.4) is 0 Å². The first-order valence-corrected chi connectivity index (χ1v) is 5.09. The fourth-order valence-electron chi connectivity index (χ4n) is 1.17. The normalized spacial score (nSPS) is 9.57. The highest BCUT2D eigenvalue weighted by atomic mass is 79.9. The molecular weight excluding hydrogens is 242 g/mol. The molecule has 0 bridgehead atoms. The SMILES string of the molecule is C=CCN(C(C)=O)c1ccc(Br)cc1. The number of carbonyl (C=O) groups excluding carboxylic acids is 1. The first-order chi connectivity index (χ1) is 6.65. The van der Waals surface area contributed by atoms with Crippen molar-refractivity contribution in [3.63, 3.8) is 0 Å². The summed E-state index contributed by atoms with van der Waals surface area (Å²) in [4.78, 5) is 13.0. The topological polar surface area (TPSA) is 20.3 Å². The second kappa shape index (κ2) is 4.96. The zero-order valence-corrected chi connectivity index (χ0v) is 9.62. The minimum atomic E-state index is 0.0206. The predicted molar refractivity (Wildman–Crippen MR) is 62.4 cm³/mol. The summed E-state index contributed by atoms with van der Waals surface area (Å²) in [7, 11) is 0. The Morgan fingerprint density at radius 2 is 2.07 bits per heavy atom. The van der Waals surface area contributed by atoms with Crippen LogP contribution >= 0.6 is 15.9 Å². The van der Waals surface area contributed by atoms with Gasteiger partial charge in [-0.1, -0.05) is 22.0 Å². The summed E-state index contributed by atoms with van der Waals surface area (Å²) in [5.74, 6) is 0.0206. The number of amides is 1. The highest BCUT2D eigenvalue weighted by Gasteiger charge is 2.08. The van der Waals surface area contributed by atoms with Crippen molar-refractivity contribution in [3.8, 4) is 0 Å². The molecule has 0 radical (unpaired) electrons. The maximum Gasteiger partial charge on any atom is 0.224 e. The van der Waals surface area contributed by atoms with Crippen LogP contribution in [0, 0.1) is 0 Å². The molecule has 0 saturated heterocycles. The Balaban J connectivity index is 2.93. The number of rotatable bonds is 3. The number of hydrogen-bond donors (Lipinski definition) is 0. The van der Waals surface area contributed by atoms with Crippen LogP contribution in [0.2, 0.25) is 0 Å². The van der Waals surface area contributed by atoms with E-state index in [-0.39, 0.29) is 5.91 Å². The first-order valence-electron chi connectivity index (χ1n) is 4.29. The lowest BCUT2D eigenvalue weighted by molar-refractivity contribution is -0.116. The molecule has 2 nitrogen and oxygen atoms in total. The third-order valence-electron chi connectivity index (χ3n) is 1.83. The molecule has 0 N–H and O–H groups in total. The van der Waals surface area contributed by atoms with E-state index in [1.807, 2.05) is 24.3 Å². The van der Waals surface area contributed by atoms with Crippen LogP contribution in [-0.4, -0.2) is 12.5 Å². The standard InChI is InChI=1S/C11H12BrNO/c1-3-8-13(9(2)14)11-6-4-10(12)5-7-11/h3-7H,1,8H2,2H3. The number of halogens is 1. The molecule has 0 aliphatic heterocycles. The Morgan fingerprint density at radius 1 is 1.50 bits per heavy atom. The number of anilines is 1. The zero-order valence-electron chi connectivity index (χ0n) is 8.03. The Morgan fingerprint density at radius 3 is 2.50 bits per heavy atom. The highest BCUT2D eigenvalue weighted by molar-refractivity contribution is 9.10. The average Bonchev–Trinajstić information content (AvgIpc) is 2.15. The van der Waals surface area contributed by atoms with Gasteiger partial charge in [0, 0.05) is 23.6 Å². The molecule has 0 spiro atoms. The molecule has 0 aromatic heterocycles. The fourth-order valence-corrected chi connectivity index (χ4v) is 1.43. The van der Waals surface area contributed by atoms with Crippen molar-refractivity contribution in [2.75, 3.05) is 11.4 Å². The number of hydrogen-bond acceptors (Lipinski definition) is 1. The molecule has 0 saturated carbocycles. The van der Waals surface area contributed by atoms with Gasteiger partial charge in [0.25, 0.3) is 0 Å².